The van der Waals surface area contributed by atoms with Crippen LogP contribution in [-0.4, -0.2) is 36.9 Å². The zero-order valence-electron chi connectivity index (χ0n) is 10.7. The number of hydrogen-bond donors (Lipinski definition) is 2. The highest BCUT2D eigenvalue weighted by molar-refractivity contribution is 7.90. The minimum Gasteiger partial charge on any atom is -0.478 e. The van der Waals surface area contributed by atoms with Crippen LogP contribution >= 0.6 is 0 Å². The second-order valence-electron chi connectivity index (χ2n) is 4.21. The van der Waals surface area contributed by atoms with Crippen molar-refractivity contribution in [3.8, 4) is 0 Å². The summed E-state index contributed by atoms with van der Waals surface area (Å²) in [7, 11) is -2.53. The summed E-state index contributed by atoms with van der Waals surface area (Å²) in [5, 5.41) is 8.92. The molecule has 19 heavy (non-hydrogen) atoms. The third kappa shape index (κ3) is 3.65. The van der Waals surface area contributed by atoms with Crippen molar-refractivity contribution in [2.75, 3.05) is 11.8 Å². The first-order chi connectivity index (χ1) is 8.65. The standard InChI is InChI=1S/C11H15FN2O4S/c1-7(2)14(3)19(17,18)13-10-5-4-8(12)6-9(10)11(15)16/h4-7,13H,1-3H3,(H,15,16). The number of nitrogens with one attached hydrogen (secondary N) is 1. The Labute approximate surface area is 111 Å². The van der Waals surface area contributed by atoms with E-state index in [1.54, 1.807) is 13.8 Å². The van der Waals surface area contributed by atoms with Crippen LogP contribution in [0.4, 0.5) is 10.1 Å². The highest BCUT2D eigenvalue weighted by Crippen LogP contribution is 2.19. The highest BCUT2D eigenvalue weighted by Gasteiger charge is 2.23. The van der Waals surface area contributed by atoms with Crippen molar-refractivity contribution in [3.63, 3.8) is 0 Å². The third-order valence-electron chi connectivity index (χ3n) is 2.56. The normalized spacial score (nSPS) is 11.9. The highest BCUT2D eigenvalue weighted by atomic mass is 32.2. The van der Waals surface area contributed by atoms with Crippen LogP contribution in [0.2, 0.25) is 0 Å². The summed E-state index contributed by atoms with van der Waals surface area (Å²) in [6.07, 6.45) is 0. The monoisotopic (exact) mass is 290 g/mol. The van der Waals surface area contributed by atoms with E-state index in [1.165, 1.54) is 7.05 Å². The molecular formula is C11H15FN2O4S. The molecule has 1 rings (SSSR count). The van der Waals surface area contributed by atoms with Crippen LogP contribution in [0.3, 0.4) is 0 Å². The number of carboxylic acid groups (broad SMARTS) is 1. The average molecular weight is 290 g/mol. The van der Waals surface area contributed by atoms with Gasteiger partial charge in [0.15, 0.2) is 0 Å². The maximum atomic E-state index is 13.0. The molecule has 0 bridgehead atoms. The zero-order valence-corrected chi connectivity index (χ0v) is 11.5. The zero-order chi connectivity index (χ0) is 14.8. The van der Waals surface area contributed by atoms with Gasteiger partial charge >= 0.3 is 16.2 Å². The molecule has 0 heterocycles. The molecule has 0 aliphatic carbocycles. The smallest absolute Gasteiger partial charge is 0.337 e. The van der Waals surface area contributed by atoms with E-state index in [-0.39, 0.29) is 11.7 Å². The first-order valence-corrected chi connectivity index (χ1v) is 6.87. The van der Waals surface area contributed by atoms with Gasteiger partial charge in [0.05, 0.1) is 11.3 Å². The van der Waals surface area contributed by atoms with Crippen LogP contribution < -0.4 is 4.72 Å². The van der Waals surface area contributed by atoms with Crippen LogP contribution in [0.1, 0.15) is 24.2 Å². The summed E-state index contributed by atoms with van der Waals surface area (Å²) in [5.41, 5.74) is -0.623. The number of rotatable bonds is 5. The van der Waals surface area contributed by atoms with Gasteiger partial charge in [-0.05, 0) is 32.0 Å². The first-order valence-electron chi connectivity index (χ1n) is 5.43. The predicted molar refractivity (Wildman–Crippen MR) is 68.8 cm³/mol. The number of carbonyl (C=O) groups is 1. The minimum absolute atomic E-state index is 0.179. The van der Waals surface area contributed by atoms with E-state index >= 15 is 0 Å². The van der Waals surface area contributed by atoms with Gasteiger partial charge in [-0.15, -0.1) is 0 Å². The number of carboxylic acids is 1. The molecule has 0 amide bonds. The molecule has 0 aliphatic heterocycles. The number of anilines is 1. The summed E-state index contributed by atoms with van der Waals surface area (Å²) in [4.78, 5) is 10.9. The largest absolute Gasteiger partial charge is 0.478 e. The summed E-state index contributed by atoms with van der Waals surface area (Å²) in [5.74, 6) is -2.16. The molecule has 0 radical (unpaired) electrons. The fourth-order valence-corrected chi connectivity index (χ4v) is 2.43. The Morgan fingerprint density at radius 3 is 2.47 bits per heavy atom. The summed E-state index contributed by atoms with van der Waals surface area (Å²) in [6.45, 7) is 3.34. The number of hydrogen-bond acceptors (Lipinski definition) is 3. The van der Waals surface area contributed by atoms with E-state index in [0.29, 0.717) is 0 Å². The molecule has 0 saturated carbocycles. The van der Waals surface area contributed by atoms with Crippen molar-refractivity contribution in [2.45, 2.75) is 19.9 Å². The van der Waals surface area contributed by atoms with Gasteiger partial charge in [0.25, 0.3) is 0 Å². The molecule has 0 saturated heterocycles. The van der Waals surface area contributed by atoms with E-state index < -0.39 is 27.6 Å². The number of aromatic carboxylic acids is 1. The molecule has 8 heteroatoms. The van der Waals surface area contributed by atoms with Gasteiger partial charge in [-0.25, -0.2) is 9.18 Å². The first kappa shape index (κ1) is 15.4. The topological polar surface area (TPSA) is 86.7 Å². The van der Waals surface area contributed by atoms with Crippen molar-refractivity contribution < 1.29 is 22.7 Å². The Morgan fingerprint density at radius 1 is 1.42 bits per heavy atom. The average Bonchev–Trinajstić information content (AvgIpc) is 2.29. The fourth-order valence-electron chi connectivity index (χ4n) is 1.27. The van der Waals surface area contributed by atoms with Crippen LogP contribution in [-0.2, 0) is 10.2 Å². The molecule has 2 N–H and O–H groups in total. The summed E-state index contributed by atoms with van der Waals surface area (Å²) >= 11 is 0. The minimum atomic E-state index is -3.88. The maximum absolute atomic E-state index is 13.0. The molecular weight excluding hydrogens is 275 g/mol. The van der Waals surface area contributed by atoms with E-state index in [1.807, 2.05) is 0 Å². The van der Waals surface area contributed by atoms with Gasteiger partial charge in [0.2, 0.25) is 0 Å². The summed E-state index contributed by atoms with van der Waals surface area (Å²) < 4.78 is 40.0. The fraction of sp³-hybridized carbons (Fsp3) is 0.364. The molecule has 1 aromatic carbocycles. The van der Waals surface area contributed by atoms with Crippen molar-refractivity contribution >= 4 is 21.9 Å². The lowest BCUT2D eigenvalue weighted by Gasteiger charge is -2.22. The lowest BCUT2D eigenvalue weighted by Crippen LogP contribution is -2.37. The van der Waals surface area contributed by atoms with Crippen LogP contribution in [0, 0.1) is 5.82 Å². The number of nitrogens with zero attached hydrogens (tertiary/aromatic N) is 1. The van der Waals surface area contributed by atoms with Crippen molar-refractivity contribution in [2.24, 2.45) is 0 Å². The van der Waals surface area contributed by atoms with Crippen LogP contribution in [0.25, 0.3) is 0 Å². The predicted octanol–water partition coefficient (Wildman–Crippen LogP) is 1.52. The van der Waals surface area contributed by atoms with E-state index in [2.05, 4.69) is 4.72 Å². The molecule has 6 nitrogen and oxygen atoms in total. The van der Waals surface area contributed by atoms with E-state index in [9.17, 15) is 17.6 Å². The Kier molecular flexibility index (Phi) is 4.48. The van der Waals surface area contributed by atoms with Gasteiger partial charge in [-0.2, -0.15) is 12.7 Å². The Bertz CT molecular complexity index is 586. The molecule has 1 aromatic rings. The van der Waals surface area contributed by atoms with Gasteiger partial charge < -0.3 is 5.11 Å². The van der Waals surface area contributed by atoms with Crippen molar-refractivity contribution in [3.05, 3.63) is 29.6 Å². The SMILES string of the molecule is CC(C)N(C)S(=O)(=O)Nc1ccc(F)cc1C(=O)O. The molecule has 0 atom stereocenters. The van der Waals surface area contributed by atoms with Gasteiger partial charge in [-0.1, -0.05) is 0 Å². The number of halogens is 1. The molecule has 0 aliphatic rings. The Morgan fingerprint density at radius 2 is 2.00 bits per heavy atom. The Balaban J connectivity index is 3.16. The van der Waals surface area contributed by atoms with Crippen LogP contribution in [0.5, 0.6) is 0 Å². The molecule has 0 fully saturated rings. The lowest BCUT2D eigenvalue weighted by atomic mass is 10.2. The van der Waals surface area contributed by atoms with Crippen LogP contribution in [0.15, 0.2) is 18.2 Å². The third-order valence-corrected chi connectivity index (χ3v) is 4.22. The number of benzene rings is 1. The molecule has 0 aromatic heterocycles. The quantitative estimate of drug-likeness (QED) is 0.860. The Hall–Kier alpha value is -1.67. The van der Waals surface area contributed by atoms with E-state index in [0.717, 1.165) is 22.5 Å². The van der Waals surface area contributed by atoms with Crippen molar-refractivity contribution in [1.29, 1.82) is 0 Å². The van der Waals surface area contributed by atoms with Gasteiger partial charge in [-0.3, -0.25) is 4.72 Å². The van der Waals surface area contributed by atoms with E-state index in [4.69, 9.17) is 5.11 Å². The second-order valence-corrected chi connectivity index (χ2v) is 5.94. The molecule has 0 spiro atoms. The molecule has 0 unspecified atom stereocenters. The van der Waals surface area contributed by atoms with Crippen molar-refractivity contribution in [1.82, 2.24) is 4.31 Å². The second kappa shape index (κ2) is 5.54. The van der Waals surface area contributed by atoms with Gasteiger partial charge in [0, 0.05) is 13.1 Å². The summed E-state index contributed by atoms with van der Waals surface area (Å²) in [6, 6.07) is 2.52. The van der Waals surface area contributed by atoms with Gasteiger partial charge in [0.1, 0.15) is 5.82 Å². The molecule has 106 valence electrons. The maximum Gasteiger partial charge on any atom is 0.337 e. The lowest BCUT2D eigenvalue weighted by molar-refractivity contribution is 0.0697.